The first-order valence-corrected chi connectivity index (χ1v) is 6.71. The second-order valence-corrected chi connectivity index (χ2v) is 4.83. The Kier molecular flexibility index (Phi) is 3.60. The molecule has 1 aromatic rings. The van der Waals surface area contributed by atoms with Crippen molar-refractivity contribution >= 4 is 11.8 Å². The summed E-state index contributed by atoms with van der Waals surface area (Å²) in [6.07, 6.45) is 1.32. The standard InChI is InChI=1S/C16H12N3O4/c20-15(10-4-2-1-3-5-10)9-14-16(21)18-12-7-6-11(19(22)23)8-13(12)17-14/h1-9,17H,(H2-,18,20,21,22,23)/q-1/b15-9-. The van der Waals surface area contributed by atoms with Crippen LogP contribution in [-0.2, 0) is 0 Å². The molecular weight excluding hydrogens is 298 g/mol. The first-order chi connectivity index (χ1) is 11.0. The third-order valence-electron chi connectivity index (χ3n) is 3.28. The molecule has 0 saturated heterocycles. The van der Waals surface area contributed by atoms with Crippen LogP contribution in [0.4, 0.5) is 0 Å². The van der Waals surface area contributed by atoms with Crippen LogP contribution in [0, 0.1) is 10.4 Å². The number of fused-ring (bicyclic) bond motifs is 1. The molecule has 0 bridgehead atoms. The predicted molar refractivity (Wildman–Crippen MR) is 85.8 cm³/mol. The number of hydrogen-bond acceptors (Lipinski definition) is 5. The maximum atomic E-state index is 10.8. The van der Waals surface area contributed by atoms with Gasteiger partial charge in [-0.15, -0.1) is 0 Å². The Balaban J connectivity index is 2.13. The number of aliphatic hydroxyl groups excluding tert-OH is 1. The summed E-state index contributed by atoms with van der Waals surface area (Å²) >= 11 is 0. The number of nitrogens with zero attached hydrogens (tertiary/aromatic N) is 2. The van der Waals surface area contributed by atoms with E-state index in [9.17, 15) is 20.6 Å². The summed E-state index contributed by atoms with van der Waals surface area (Å²) < 4.78 is 0. The lowest BCUT2D eigenvalue weighted by atomic mass is 10.1. The molecule has 3 N–H and O–H groups in total. The Morgan fingerprint density at radius 2 is 1.87 bits per heavy atom. The van der Waals surface area contributed by atoms with Gasteiger partial charge in [-0.3, -0.25) is 0 Å². The molecule has 1 aliphatic carbocycles. The molecule has 0 atom stereocenters. The van der Waals surface area contributed by atoms with Crippen LogP contribution in [0.1, 0.15) is 11.3 Å². The minimum atomic E-state index is -0.517. The van der Waals surface area contributed by atoms with Gasteiger partial charge in [0, 0.05) is 23.8 Å². The summed E-state index contributed by atoms with van der Waals surface area (Å²) in [4.78, 5) is 6.29. The number of aromatic amines is 1. The minimum Gasteiger partial charge on any atom is -0.612 e. The van der Waals surface area contributed by atoms with Crippen LogP contribution in [0.2, 0.25) is 0 Å². The van der Waals surface area contributed by atoms with Crippen molar-refractivity contribution in [1.29, 1.82) is 0 Å². The molecule has 116 valence electrons. The molecule has 0 aromatic heterocycles. The van der Waals surface area contributed by atoms with Crippen molar-refractivity contribution in [1.82, 2.24) is 14.9 Å². The van der Waals surface area contributed by atoms with Crippen molar-refractivity contribution in [3.63, 3.8) is 0 Å². The van der Waals surface area contributed by atoms with Crippen molar-refractivity contribution in [3.8, 4) is 17.3 Å². The molecular formula is C16H12N3O4-. The van der Waals surface area contributed by atoms with Gasteiger partial charge in [-0.2, -0.15) is 4.90 Å². The third-order valence-corrected chi connectivity index (χ3v) is 3.28. The quantitative estimate of drug-likeness (QED) is 0.494. The largest absolute Gasteiger partial charge is 0.612 e. The first kappa shape index (κ1) is 14.5. The van der Waals surface area contributed by atoms with Crippen molar-refractivity contribution < 1.29 is 10.2 Å². The van der Waals surface area contributed by atoms with E-state index in [1.807, 2.05) is 6.07 Å². The third kappa shape index (κ3) is 2.93. The number of aromatic nitrogens is 2. The number of rotatable bonds is 2. The van der Waals surface area contributed by atoms with Crippen LogP contribution < -0.4 is 10.3 Å². The Hall–Kier alpha value is -3.48. The fourth-order valence-electron chi connectivity index (χ4n) is 2.14. The van der Waals surface area contributed by atoms with E-state index in [-0.39, 0.29) is 22.7 Å². The molecule has 7 nitrogen and oxygen atoms in total. The van der Waals surface area contributed by atoms with Crippen LogP contribution in [0.5, 0.6) is 5.88 Å². The molecule has 23 heavy (non-hydrogen) atoms. The highest BCUT2D eigenvalue weighted by Gasteiger charge is 2.11. The molecule has 1 heterocycles. The predicted octanol–water partition coefficient (Wildman–Crippen LogP) is 2.04. The van der Waals surface area contributed by atoms with Gasteiger partial charge >= 0.3 is 0 Å². The van der Waals surface area contributed by atoms with E-state index in [1.165, 1.54) is 24.3 Å². The molecule has 0 unspecified atom stereocenters. The van der Waals surface area contributed by atoms with Crippen LogP contribution in [0.3, 0.4) is 0 Å². The highest BCUT2D eigenvalue weighted by molar-refractivity contribution is 5.77. The Morgan fingerprint density at radius 1 is 1.13 bits per heavy atom. The lowest BCUT2D eigenvalue weighted by Crippen LogP contribution is -2.18. The van der Waals surface area contributed by atoms with E-state index in [0.29, 0.717) is 17.0 Å². The molecule has 1 aliphatic heterocycles. The Bertz CT molecular complexity index is 912. The number of H-pyrrole nitrogens is 1. The van der Waals surface area contributed by atoms with Crippen molar-refractivity contribution in [2.24, 2.45) is 0 Å². The van der Waals surface area contributed by atoms with Gasteiger partial charge in [0.25, 0.3) is 0 Å². The van der Waals surface area contributed by atoms with Crippen LogP contribution in [0.25, 0.3) is 23.2 Å². The molecule has 0 saturated carbocycles. The maximum Gasteiger partial charge on any atom is 0.236 e. The lowest BCUT2D eigenvalue weighted by molar-refractivity contribution is 0.449. The van der Waals surface area contributed by atoms with Gasteiger partial charge in [0.15, 0.2) is 0 Å². The number of aromatic hydroxyl groups is 1. The van der Waals surface area contributed by atoms with Gasteiger partial charge in [-0.25, -0.2) is 4.98 Å². The average Bonchev–Trinajstić information content (AvgIpc) is 2.55. The summed E-state index contributed by atoms with van der Waals surface area (Å²) in [5.41, 5.74) is 1.48. The number of nitrogens with one attached hydrogen (secondary N) is 1. The van der Waals surface area contributed by atoms with Crippen molar-refractivity contribution in [3.05, 3.63) is 75.6 Å². The van der Waals surface area contributed by atoms with E-state index in [1.54, 1.807) is 24.3 Å². The zero-order valence-corrected chi connectivity index (χ0v) is 11.8. The van der Waals surface area contributed by atoms with Crippen molar-refractivity contribution in [2.75, 3.05) is 0 Å². The molecule has 1 aromatic carbocycles. The topological polar surface area (TPSA) is 118 Å². The zero-order valence-electron chi connectivity index (χ0n) is 11.8. The van der Waals surface area contributed by atoms with E-state index < -0.39 is 4.90 Å². The fraction of sp³-hybridized carbons (Fsp3) is 0. The molecule has 7 heteroatoms. The number of hydrogen-bond donors (Lipinski definition) is 3. The van der Waals surface area contributed by atoms with Crippen molar-refractivity contribution in [2.45, 2.75) is 0 Å². The summed E-state index contributed by atoms with van der Waals surface area (Å²) in [5.74, 6) is -0.377. The fourth-order valence-corrected chi connectivity index (χ4v) is 2.14. The average molecular weight is 310 g/mol. The molecule has 3 rings (SSSR count). The van der Waals surface area contributed by atoms with Gasteiger partial charge in [0.2, 0.25) is 11.2 Å². The smallest absolute Gasteiger partial charge is 0.236 e. The van der Waals surface area contributed by atoms with Crippen LogP contribution in [0.15, 0.2) is 48.5 Å². The first-order valence-electron chi connectivity index (χ1n) is 6.71. The Labute approximate surface area is 130 Å². The Morgan fingerprint density at radius 3 is 2.57 bits per heavy atom. The second kappa shape index (κ2) is 5.72. The monoisotopic (exact) mass is 310 g/mol. The van der Waals surface area contributed by atoms with E-state index in [0.717, 1.165) is 0 Å². The van der Waals surface area contributed by atoms with Gasteiger partial charge in [-0.1, -0.05) is 30.3 Å². The summed E-state index contributed by atoms with van der Waals surface area (Å²) in [7, 11) is 0. The summed E-state index contributed by atoms with van der Waals surface area (Å²) in [5, 5.41) is 41.6. The van der Waals surface area contributed by atoms with Gasteiger partial charge in [-0.05, 0) is 6.07 Å². The van der Waals surface area contributed by atoms with Gasteiger partial charge in [0.1, 0.15) is 11.5 Å². The maximum absolute atomic E-state index is 10.8. The van der Waals surface area contributed by atoms with E-state index >= 15 is 0 Å². The summed E-state index contributed by atoms with van der Waals surface area (Å²) in [6, 6.07) is 12.8. The molecule has 0 amide bonds. The van der Waals surface area contributed by atoms with Gasteiger partial charge < -0.3 is 25.6 Å². The molecule has 0 radical (unpaired) electrons. The SMILES string of the molecule is [O-][N+]([O-])=c1ccc2nc(O)c(/C=C(\O)c3ccccc3)[nH]c-2c1. The normalized spacial score (nSPS) is 11.6. The number of benzene rings is 2. The zero-order chi connectivity index (χ0) is 16.4. The lowest BCUT2D eigenvalue weighted by Gasteiger charge is -2.09. The van der Waals surface area contributed by atoms with Crippen LogP contribution in [-0.4, -0.2) is 20.2 Å². The number of aliphatic hydroxyl groups is 1. The van der Waals surface area contributed by atoms with Crippen LogP contribution >= 0.6 is 0 Å². The minimum absolute atomic E-state index is 0.0660. The molecule has 2 aliphatic rings. The molecule has 0 fully saturated rings. The second-order valence-electron chi connectivity index (χ2n) is 4.83. The highest BCUT2D eigenvalue weighted by atomic mass is 16.8. The highest BCUT2D eigenvalue weighted by Crippen LogP contribution is 2.24. The van der Waals surface area contributed by atoms with E-state index in [2.05, 4.69) is 9.97 Å². The molecule has 0 spiro atoms. The van der Waals surface area contributed by atoms with Gasteiger partial charge in [0.05, 0.1) is 11.4 Å². The summed E-state index contributed by atoms with van der Waals surface area (Å²) in [6.45, 7) is 0. The van der Waals surface area contributed by atoms with E-state index in [4.69, 9.17) is 0 Å².